The number of ether oxygens (including phenoxy) is 3. The highest BCUT2D eigenvalue weighted by Gasteiger charge is 2.41. The van der Waals surface area contributed by atoms with E-state index in [0.717, 1.165) is 29.0 Å². The van der Waals surface area contributed by atoms with Gasteiger partial charge in [0, 0.05) is 5.56 Å². The van der Waals surface area contributed by atoms with E-state index in [0.29, 0.717) is 6.61 Å². The zero-order valence-electron chi connectivity index (χ0n) is 20.9. The molecule has 0 aliphatic carbocycles. The van der Waals surface area contributed by atoms with E-state index in [1.54, 1.807) is 14.2 Å². The number of hydrogen-bond acceptors (Lipinski definition) is 5. The van der Waals surface area contributed by atoms with Gasteiger partial charge in [0.15, 0.2) is 8.32 Å². The van der Waals surface area contributed by atoms with Gasteiger partial charge < -0.3 is 23.7 Å². The molecule has 0 aliphatic heterocycles. The molecule has 0 spiro atoms. The van der Waals surface area contributed by atoms with E-state index in [9.17, 15) is 5.11 Å². The first-order valence-electron chi connectivity index (χ1n) is 11.2. The third-order valence-corrected chi connectivity index (χ3v) is 10.9. The van der Waals surface area contributed by atoms with Gasteiger partial charge in [-0.3, -0.25) is 0 Å². The van der Waals surface area contributed by atoms with Crippen molar-refractivity contribution in [2.45, 2.75) is 64.5 Å². The van der Waals surface area contributed by atoms with Crippen LogP contribution < -0.4 is 9.47 Å². The minimum atomic E-state index is -2.17. The van der Waals surface area contributed by atoms with Gasteiger partial charge in [0.05, 0.1) is 33.5 Å². The third kappa shape index (κ3) is 6.58. The number of hydrogen-bond donors (Lipinski definition) is 1. The minimum absolute atomic E-state index is 0.00810. The average Bonchev–Trinajstić information content (AvgIpc) is 2.75. The molecule has 0 heterocycles. The highest BCUT2D eigenvalue weighted by atomic mass is 28.4. The summed E-state index contributed by atoms with van der Waals surface area (Å²) in [5.74, 6) is 1.45. The standard InChI is InChI=1S/C26H40O5Si/c1-19-22(28-5)16-21(17-23(19)29-6)25(31-32(7,8)26(2,3)4)24(18-27)30-15-14-20-12-10-9-11-13-20/h9-13,16-17,24-25,27H,14-15,18H2,1-8H3. The van der Waals surface area contributed by atoms with E-state index < -0.39 is 20.5 Å². The second kappa shape index (κ2) is 11.3. The molecule has 2 unspecified atom stereocenters. The highest BCUT2D eigenvalue weighted by Crippen LogP contribution is 2.42. The van der Waals surface area contributed by atoms with Gasteiger partial charge in [-0.15, -0.1) is 0 Å². The van der Waals surface area contributed by atoms with Crippen LogP contribution in [0.25, 0.3) is 0 Å². The van der Waals surface area contributed by atoms with E-state index in [1.165, 1.54) is 5.56 Å². The lowest BCUT2D eigenvalue weighted by Gasteiger charge is -2.41. The summed E-state index contributed by atoms with van der Waals surface area (Å²) >= 11 is 0. The van der Waals surface area contributed by atoms with Crippen LogP contribution in [0, 0.1) is 6.92 Å². The molecule has 0 fully saturated rings. The molecule has 0 amide bonds. The van der Waals surface area contributed by atoms with Crippen LogP contribution in [0.5, 0.6) is 11.5 Å². The smallest absolute Gasteiger partial charge is 0.193 e. The fourth-order valence-corrected chi connectivity index (χ4v) is 4.61. The number of rotatable bonds is 11. The van der Waals surface area contributed by atoms with E-state index in [2.05, 4.69) is 46.0 Å². The van der Waals surface area contributed by atoms with Crippen molar-refractivity contribution in [3.8, 4) is 11.5 Å². The molecule has 1 N–H and O–H groups in total. The molecule has 0 radical (unpaired) electrons. The Kier molecular flexibility index (Phi) is 9.34. The molecule has 0 aromatic heterocycles. The number of aliphatic hydroxyl groups excluding tert-OH is 1. The lowest BCUT2D eigenvalue weighted by atomic mass is 10.0. The van der Waals surface area contributed by atoms with E-state index in [1.807, 2.05) is 37.3 Å². The van der Waals surface area contributed by atoms with Crippen molar-refractivity contribution in [1.82, 2.24) is 0 Å². The lowest BCUT2D eigenvalue weighted by molar-refractivity contribution is -0.0585. The molecule has 0 saturated carbocycles. The summed E-state index contributed by atoms with van der Waals surface area (Å²) in [6.45, 7) is 13.3. The first-order chi connectivity index (χ1) is 15.0. The molecule has 2 rings (SSSR count). The molecule has 32 heavy (non-hydrogen) atoms. The van der Waals surface area contributed by atoms with Crippen molar-refractivity contribution in [3.63, 3.8) is 0 Å². The second-order valence-electron chi connectivity index (χ2n) is 9.68. The average molecular weight is 461 g/mol. The summed E-state index contributed by atoms with van der Waals surface area (Å²) in [5, 5.41) is 10.3. The lowest BCUT2D eigenvalue weighted by Crippen LogP contribution is -2.45. The maximum atomic E-state index is 10.3. The predicted octanol–water partition coefficient (Wildman–Crippen LogP) is 5.70. The molecular weight excluding hydrogens is 420 g/mol. The minimum Gasteiger partial charge on any atom is -0.496 e. The van der Waals surface area contributed by atoms with Gasteiger partial charge >= 0.3 is 0 Å². The zero-order chi connectivity index (χ0) is 23.9. The molecule has 2 aromatic rings. The molecule has 2 aromatic carbocycles. The number of aliphatic hydroxyl groups is 1. The van der Waals surface area contributed by atoms with Crippen LogP contribution >= 0.6 is 0 Å². The summed E-state index contributed by atoms with van der Waals surface area (Å²) in [7, 11) is 1.12. The van der Waals surface area contributed by atoms with Gasteiger partial charge in [-0.2, -0.15) is 0 Å². The molecule has 0 saturated heterocycles. The molecule has 0 bridgehead atoms. The van der Waals surface area contributed by atoms with Crippen molar-refractivity contribution >= 4 is 8.32 Å². The summed E-state index contributed by atoms with van der Waals surface area (Å²) in [4.78, 5) is 0. The van der Waals surface area contributed by atoms with Crippen molar-refractivity contribution in [1.29, 1.82) is 0 Å². The van der Waals surface area contributed by atoms with E-state index in [4.69, 9.17) is 18.6 Å². The molecule has 5 nitrogen and oxygen atoms in total. The van der Waals surface area contributed by atoms with Gasteiger partial charge in [-0.05, 0) is 54.7 Å². The highest BCUT2D eigenvalue weighted by molar-refractivity contribution is 6.74. The Hall–Kier alpha value is -1.86. The summed E-state index contributed by atoms with van der Waals surface area (Å²) < 4.78 is 24.2. The number of methoxy groups -OCH3 is 2. The van der Waals surface area contributed by atoms with Crippen LogP contribution in [-0.4, -0.2) is 47.0 Å². The maximum Gasteiger partial charge on any atom is 0.193 e. The second-order valence-corrected chi connectivity index (χ2v) is 14.4. The van der Waals surface area contributed by atoms with Gasteiger partial charge in [-0.25, -0.2) is 0 Å². The Morgan fingerprint density at radius 1 is 0.969 bits per heavy atom. The molecule has 0 aliphatic rings. The van der Waals surface area contributed by atoms with Gasteiger partial charge in [0.2, 0.25) is 0 Å². The quantitative estimate of drug-likeness (QED) is 0.436. The molecular formula is C26H40O5Si. The number of benzene rings is 2. The fourth-order valence-electron chi connectivity index (χ4n) is 3.33. The first-order valence-corrected chi connectivity index (χ1v) is 14.1. The largest absolute Gasteiger partial charge is 0.496 e. The predicted molar refractivity (Wildman–Crippen MR) is 132 cm³/mol. The SMILES string of the molecule is COc1cc(C(O[Si](C)(C)C(C)(C)C)C(CO)OCCc2ccccc2)cc(OC)c1C. The van der Waals surface area contributed by atoms with Gasteiger partial charge in [-0.1, -0.05) is 51.1 Å². The fraction of sp³-hybridized carbons (Fsp3) is 0.538. The van der Waals surface area contributed by atoms with Crippen molar-refractivity contribution in [2.24, 2.45) is 0 Å². The Bertz CT molecular complexity index is 820. The van der Waals surface area contributed by atoms with Crippen molar-refractivity contribution in [2.75, 3.05) is 27.4 Å². The van der Waals surface area contributed by atoms with Crippen molar-refractivity contribution < 1.29 is 23.7 Å². The summed E-state index contributed by atoms with van der Waals surface area (Å²) in [6, 6.07) is 14.1. The molecule has 6 heteroatoms. The van der Waals surface area contributed by atoms with Crippen LogP contribution in [0.3, 0.4) is 0 Å². The van der Waals surface area contributed by atoms with Crippen LogP contribution in [0.4, 0.5) is 0 Å². The Morgan fingerprint density at radius 3 is 2.00 bits per heavy atom. The van der Waals surface area contributed by atoms with Crippen LogP contribution in [0.1, 0.15) is 43.6 Å². The maximum absolute atomic E-state index is 10.3. The monoisotopic (exact) mass is 460 g/mol. The van der Waals surface area contributed by atoms with E-state index >= 15 is 0 Å². The Morgan fingerprint density at radius 2 is 1.53 bits per heavy atom. The van der Waals surface area contributed by atoms with Gasteiger partial charge in [0.1, 0.15) is 17.6 Å². The topological polar surface area (TPSA) is 57.2 Å². The molecule has 178 valence electrons. The van der Waals surface area contributed by atoms with Crippen molar-refractivity contribution in [3.05, 3.63) is 59.2 Å². The first kappa shape index (κ1) is 26.4. The summed E-state index contributed by atoms with van der Waals surface area (Å²) in [6.07, 6.45) is -0.185. The third-order valence-electron chi connectivity index (χ3n) is 6.41. The van der Waals surface area contributed by atoms with E-state index in [-0.39, 0.29) is 11.6 Å². The molecule has 2 atom stereocenters. The van der Waals surface area contributed by atoms with Gasteiger partial charge in [0.25, 0.3) is 0 Å². The van der Waals surface area contributed by atoms with Crippen LogP contribution in [0.2, 0.25) is 18.1 Å². The van der Waals surface area contributed by atoms with Crippen LogP contribution in [0.15, 0.2) is 42.5 Å². The Labute approximate surface area is 194 Å². The normalized spacial score (nSPS) is 14.2. The zero-order valence-corrected chi connectivity index (χ0v) is 21.9. The Balaban J connectivity index is 2.38. The van der Waals surface area contributed by atoms with Crippen LogP contribution in [-0.2, 0) is 15.6 Å². The summed E-state index contributed by atoms with van der Waals surface area (Å²) in [5.41, 5.74) is 3.01.